The zero-order chi connectivity index (χ0) is 9.54. The second kappa shape index (κ2) is 48.8. The Morgan fingerprint density at radius 2 is 1.00 bits per heavy atom. The first kappa shape index (κ1) is 22.5. The molecular weight excluding hydrogens is 196 g/mol. The van der Waals surface area contributed by atoms with Crippen molar-refractivity contribution >= 4 is 0 Å². The van der Waals surface area contributed by atoms with Crippen LogP contribution >= 0.6 is 0 Å². The fourth-order valence-corrected chi connectivity index (χ4v) is 0.321. The third kappa shape index (κ3) is 35.0. The number of hydrogen-bond donors (Lipinski definition) is 0. The molecule has 0 heterocycles. The first-order valence-corrected chi connectivity index (χ1v) is 2.57. The van der Waals surface area contributed by atoms with Crippen molar-refractivity contribution in [2.24, 2.45) is 0 Å². The molecule has 0 bridgehead atoms. The third-order valence-corrected chi connectivity index (χ3v) is 0.556. The molecule has 2 nitrogen and oxygen atoms in total. The fourth-order valence-electron chi connectivity index (χ4n) is 0.321. The normalized spacial score (nSPS) is 8.00. The maximum atomic E-state index is 7.50. The summed E-state index contributed by atoms with van der Waals surface area (Å²) in [6.07, 6.45) is 10.0. The number of allylic oxidation sites excluding steroid dienone is 4. The van der Waals surface area contributed by atoms with E-state index in [1.54, 1.807) is 0 Å². The van der Waals surface area contributed by atoms with Crippen LogP contribution in [0.5, 0.6) is 0 Å². The van der Waals surface area contributed by atoms with E-state index in [2.05, 4.69) is 26.5 Å². The second-order valence-electron chi connectivity index (χ2n) is 0.962. The van der Waals surface area contributed by atoms with Crippen LogP contribution in [-0.2, 0) is 26.4 Å². The van der Waals surface area contributed by atoms with E-state index in [-0.39, 0.29) is 17.1 Å². The van der Waals surface area contributed by atoms with Gasteiger partial charge < -0.3 is 0 Å². The molecule has 12 heavy (non-hydrogen) atoms. The van der Waals surface area contributed by atoms with Crippen LogP contribution in [-0.4, -0.2) is 0 Å². The summed E-state index contributed by atoms with van der Waals surface area (Å²) in [7, 11) is 0. The summed E-state index contributed by atoms with van der Waals surface area (Å²) >= 11 is 0. The molecule has 0 aliphatic heterocycles. The SMILES string of the molecule is C=C.[C-]#[O+].[C-]#[O+].[CH]1C=CC=C1.[Fe]. The van der Waals surface area contributed by atoms with Gasteiger partial charge in [-0.1, -0.05) is 24.3 Å². The molecule has 0 aromatic heterocycles. The Kier molecular flexibility index (Phi) is 91.4. The summed E-state index contributed by atoms with van der Waals surface area (Å²) in [5.74, 6) is 0. The molecule has 0 unspecified atom stereocenters. The largest absolute Gasteiger partial charge is 0.0767 e. The van der Waals surface area contributed by atoms with Crippen LogP contribution in [0.25, 0.3) is 0 Å². The van der Waals surface area contributed by atoms with Crippen molar-refractivity contribution in [2.75, 3.05) is 0 Å². The van der Waals surface area contributed by atoms with Gasteiger partial charge in [0.2, 0.25) is 0 Å². The average Bonchev–Trinajstić information content (AvgIpc) is 2.71. The molecule has 0 spiro atoms. The maximum Gasteiger partial charge on any atom is 0.00506 e. The summed E-state index contributed by atoms with van der Waals surface area (Å²) in [5, 5.41) is 0. The Balaban J connectivity index is -0.0000000406. The van der Waals surface area contributed by atoms with Gasteiger partial charge in [0.15, 0.2) is 0 Å². The van der Waals surface area contributed by atoms with Crippen LogP contribution < -0.4 is 0 Å². The van der Waals surface area contributed by atoms with Crippen LogP contribution in [0, 0.1) is 19.7 Å². The predicted octanol–water partition coefficient (Wildman–Crippen LogP) is 2.04. The molecule has 0 saturated carbocycles. The summed E-state index contributed by atoms with van der Waals surface area (Å²) in [6.45, 7) is 15.0. The van der Waals surface area contributed by atoms with Gasteiger partial charge in [0.05, 0.1) is 0 Å². The molecule has 0 saturated heterocycles. The van der Waals surface area contributed by atoms with Gasteiger partial charge >= 0.3 is 22.6 Å². The standard InChI is InChI=1S/C5H5.C2H4.2CO.Fe/c1-2-4-5-3-1;3*1-2;/h1-5H;1-2H2;;;. The smallest absolute Gasteiger partial charge is 0.00506 e. The van der Waals surface area contributed by atoms with E-state index >= 15 is 0 Å². The molecule has 3 heteroatoms. The van der Waals surface area contributed by atoms with Crippen LogP contribution in [0.1, 0.15) is 0 Å². The molecule has 1 aliphatic rings. The molecule has 0 fully saturated rings. The van der Waals surface area contributed by atoms with Gasteiger partial charge in [-0.05, 0) is 0 Å². The van der Waals surface area contributed by atoms with E-state index in [4.69, 9.17) is 9.30 Å². The topological polar surface area (TPSA) is 39.8 Å². The van der Waals surface area contributed by atoms with Crippen molar-refractivity contribution < 1.29 is 26.4 Å². The van der Waals surface area contributed by atoms with Crippen molar-refractivity contribution in [3.8, 4) is 0 Å². The molecule has 0 aromatic carbocycles. The minimum Gasteiger partial charge on any atom is -0.0767 e. The first-order valence-electron chi connectivity index (χ1n) is 2.57. The summed E-state index contributed by atoms with van der Waals surface area (Å²) in [5.41, 5.74) is 0. The van der Waals surface area contributed by atoms with E-state index in [1.165, 1.54) is 0 Å². The van der Waals surface area contributed by atoms with Crippen LogP contribution in [0.3, 0.4) is 0 Å². The third-order valence-electron chi connectivity index (χ3n) is 0.556. The Labute approximate surface area is 84.0 Å². The van der Waals surface area contributed by atoms with Gasteiger partial charge in [-0.15, -0.1) is 13.2 Å². The molecule has 0 aromatic rings. The molecule has 0 atom stereocenters. The van der Waals surface area contributed by atoms with Crippen LogP contribution in [0.15, 0.2) is 37.5 Å². The van der Waals surface area contributed by atoms with Crippen molar-refractivity contribution in [2.45, 2.75) is 0 Å². The number of hydrogen-bond acceptors (Lipinski definition) is 0. The molecule has 1 radical (unpaired) electrons. The van der Waals surface area contributed by atoms with Crippen LogP contribution in [0.2, 0.25) is 0 Å². The minimum absolute atomic E-state index is 0. The zero-order valence-corrected chi connectivity index (χ0v) is 7.58. The Morgan fingerprint density at radius 1 is 0.750 bits per heavy atom. The van der Waals surface area contributed by atoms with Crippen LogP contribution in [0.4, 0.5) is 0 Å². The maximum absolute atomic E-state index is 7.50. The Morgan fingerprint density at radius 3 is 1.08 bits per heavy atom. The Bertz CT molecular complexity index is 129. The van der Waals surface area contributed by atoms with E-state index in [0.717, 1.165) is 0 Å². The summed E-state index contributed by atoms with van der Waals surface area (Å²) < 4.78 is 15.0. The molecule has 1 aliphatic carbocycles. The average molecular weight is 205 g/mol. The summed E-state index contributed by atoms with van der Waals surface area (Å²) in [4.78, 5) is 0. The van der Waals surface area contributed by atoms with E-state index in [1.807, 2.05) is 30.7 Å². The van der Waals surface area contributed by atoms with Gasteiger partial charge in [0, 0.05) is 23.5 Å². The van der Waals surface area contributed by atoms with E-state index < -0.39 is 0 Å². The molecule has 0 N–H and O–H groups in total. The van der Waals surface area contributed by atoms with Gasteiger partial charge in [0.1, 0.15) is 0 Å². The number of rotatable bonds is 0. The van der Waals surface area contributed by atoms with Gasteiger partial charge in [0.25, 0.3) is 0 Å². The molecule has 65 valence electrons. The quantitative estimate of drug-likeness (QED) is 0.251. The second-order valence-corrected chi connectivity index (χ2v) is 0.962. The van der Waals surface area contributed by atoms with Crippen molar-refractivity contribution in [1.82, 2.24) is 0 Å². The molecule has 0 amide bonds. The van der Waals surface area contributed by atoms with Crippen molar-refractivity contribution in [3.05, 3.63) is 57.2 Å². The fraction of sp³-hybridized carbons (Fsp3) is 0. The van der Waals surface area contributed by atoms with Crippen molar-refractivity contribution in [1.29, 1.82) is 0 Å². The van der Waals surface area contributed by atoms with Gasteiger partial charge in [-0.3, -0.25) is 0 Å². The predicted molar refractivity (Wildman–Crippen MR) is 41.7 cm³/mol. The van der Waals surface area contributed by atoms with Gasteiger partial charge in [-0.25, -0.2) is 0 Å². The van der Waals surface area contributed by atoms with E-state index in [9.17, 15) is 0 Å². The van der Waals surface area contributed by atoms with E-state index in [0.29, 0.717) is 0 Å². The first-order chi connectivity index (χ1) is 5.50. The minimum atomic E-state index is 0. The molecular formula is C9H9FeO2. The Hall–Kier alpha value is -0.781. The zero-order valence-electron chi connectivity index (χ0n) is 6.47. The molecule has 1 rings (SSSR count). The summed E-state index contributed by atoms with van der Waals surface area (Å²) in [6, 6.07) is 0. The monoisotopic (exact) mass is 205 g/mol. The van der Waals surface area contributed by atoms with Crippen molar-refractivity contribution in [3.63, 3.8) is 0 Å². The van der Waals surface area contributed by atoms with Gasteiger partial charge in [-0.2, -0.15) is 0 Å².